The van der Waals surface area contributed by atoms with E-state index < -0.39 is 0 Å². The highest BCUT2D eigenvalue weighted by molar-refractivity contribution is 5.81. The van der Waals surface area contributed by atoms with Crippen molar-refractivity contribution in [2.24, 2.45) is 0 Å². The predicted molar refractivity (Wildman–Crippen MR) is 70.0 cm³/mol. The van der Waals surface area contributed by atoms with Crippen LogP contribution in [0.15, 0.2) is 36.5 Å². The summed E-state index contributed by atoms with van der Waals surface area (Å²) in [7, 11) is 0. The molecule has 0 bridgehead atoms. The van der Waals surface area contributed by atoms with E-state index in [9.17, 15) is 0 Å². The van der Waals surface area contributed by atoms with Gasteiger partial charge >= 0.3 is 0 Å². The summed E-state index contributed by atoms with van der Waals surface area (Å²) in [5, 5.41) is 7.95. The van der Waals surface area contributed by atoms with Gasteiger partial charge in [0.2, 0.25) is 5.95 Å². The van der Waals surface area contributed by atoms with E-state index >= 15 is 0 Å². The molecule has 0 aliphatic heterocycles. The van der Waals surface area contributed by atoms with Crippen molar-refractivity contribution in [3.8, 4) is 0 Å². The SMILES string of the molecule is Cc1cccc2nc(N)n(Cc3cccnn3)c12. The summed E-state index contributed by atoms with van der Waals surface area (Å²) < 4.78 is 1.97. The fraction of sp³-hybridized carbons (Fsp3) is 0.154. The maximum Gasteiger partial charge on any atom is 0.201 e. The third-order valence-corrected chi connectivity index (χ3v) is 2.95. The number of benzene rings is 1. The first-order valence-corrected chi connectivity index (χ1v) is 5.73. The Morgan fingerprint density at radius 1 is 1.22 bits per heavy atom. The van der Waals surface area contributed by atoms with Gasteiger partial charge in [-0.1, -0.05) is 12.1 Å². The molecular formula is C13H13N5. The van der Waals surface area contributed by atoms with E-state index in [1.54, 1.807) is 6.20 Å². The number of nitrogen functional groups attached to an aromatic ring is 1. The highest BCUT2D eigenvalue weighted by Crippen LogP contribution is 2.21. The fourth-order valence-electron chi connectivity index (χ4n) is 2.12. The zero-order valence-electron chi connectivity index (χ0n) is 10.0. The average molecular weight is 239 g/mol. The minimum Gasteiger partial charge on any atom is -0.369 e. The maximum atomic E-state index is 5.97. The number of fused-ring (bicyclic) bond motifs is 1. The lowest BCUT2D eigenvalue weighted by Gasteiger charge is -2.06. The van der Waals surface area contributed by atoms with Crippen LogP contribution in [0.5, 0.6) is 0 Å². The van der Waals surface area contributed by atoms with Gasteiger partial charge in [0.05, 0.1) is 23.3 Å². The number of aryl methyl sites for hydroxylation is 1. The van der Waals surface area contributed by atoms with Gasteiger partial charge in [-0.3, -0.25) is 0 Å². The number of nitrogens with two attached hydrogens (primary N) is 1. The number of hydrogen-bond donors (Lipinski definition) is 1. The molecule has 5 heteroatoms. The van der Waals surface area contributed by atoms with Crippen LogP contribution < -0.4 is 5.73 Å². The van der Waals surface area contributed by atoms with Crippen molar-refractivity contribution in [3.63, 3.8) is 0 Å². The first-order chi connectivity index (χ1) is 8.75. The Balaban J connectivity index is 2.14. The maximum absolute atomic E-state index is 5.97. The molecule has 0 unspecified atom stereocenters. The molecule has 0 atom stereocenters. The molecule has 0 fully saturated rings. The van der Waals surface area contributed by atoms with Crippen LogP contribution in [-0.2, 0) is 6.54 Å². The molecule has 0 radical (unpaired) electrons. The van der Waals surface area contributed by atoms with E-state index in [-0.39, 0.29) is 0 Å². The Bertz CT molecular complexity index is 687. The van der Waals surface area contributed by atoms with Gasteiger partial charge in [0, 0.05) is 6.20 Å². The Morgan fingerprint density at radius 2 is 2.11 bits per heavy atom. The van der Waals surface area contributed by atoms with Crippen LogP contribution in [0, 0.1) is 6.92 Å². The van der Waals surface area contributed by atoms with Crippen LogP contribution >= 0.6 is 0 Å². The van der Waals surface area contributed by atoms with E-state index in [2.05, 4.69) is 28.2 Å². The number of imidazole rings is 1. The predicted octanol–water partition coefficient (Wildman–Crippen LogP) is 1.77. The van der Waals surface area contributed by atoms with Crippen LogP contribution in [0.3, 0.4) is 0 Å². The number of aromatic nitrogens is 4. The molecule has 90 valence electrons. The summed E-state index contributed by atoms with van der Waals surface area (Å²) >= 11 is 0. The molecule has 0 amide bonds. The summed E-state index contributed by atoms with van der Waals surface area (Å²) in [6.07, 6.45) is 1.66. The molecule has 0 saturated carbocycles. The summed E-state index contributed by atoms with van der Waals surface area (Å²) in [4.78, 5) is 4.36. The second-order valence-electron chi connectivity index (χ2n) is 4.21. The summed E-state index contributed by atoms with van der Waals surface area (Å²) in [5.41, 5.74) is 9.96. The van der Waals surface area contributed by atoms with E-state index in [0.29, 0.717) is 12.5 Å². The number of hydrogen-bond acceptors (Lipinski definition) is 4. The van der Waals surface area contributed by atoms with Crippen molar-refractivity contribution in [2.45, 2.75) is 13.5 Å². The Kier molecular flexibility index (Phi) is 2.44. The summed E-state index contributed by atoms with van der Waals surface area (Å²) in [5.74, 6) is 0.505. The minimum atomic E-state index is 0.505. The molecule has 2 heterocycles. The molecule has 18 heavy (non-hydrogen) atoms. The Hall–Kier alpha value is -2.43. The zero-order chi connectivity index (χ0) is 12.5. The van der Waals surface area contributed by atoms with Crippen molar-refractivity contribution in [2.75, 3.05) is 5.73 Å². The van der Waals surface area contributed by atoms with Gasteiger partial charge in [0.1, 0.15) is 0 Å². The highest BCUT2D eigenvalue weighted by atomic mass is 15.2. The second-order valence-corrected chi connectivity index (χ2v) is 4.21. The third kappa shape index (κ3) is 1.69. The normalized spacial score (nSPS) is 10.9. The van der Waals surface area contributed by atoms with Crippen molar-refractivity contribution in [1.82, 2.24) is 19.7 Å². The first-order valence-electron chi connectivity index (χ1n) is 5.73. The first kappa shape index (κ1) is 10.7. The standard InChI is InChI=1S/C13H13N5/c1-9-4-2-6-11-12(9)18(13(14)16-11)8-10-5-3-7-15-17-10/h2-7H,8H2,1H3,(H2,14,16). The Labute approximate surface area is 104 Å². The van der Waals surface area contributed by atoms with Gasteiger partial charge in [0.25, 0.3) is 0 Å². The fourth-order valence-corrected chi connectivity index (χ4v) is 2.12. The van der Waals surface area contributed by atoms with E-state index in [0.717, 1.165) is 22.3 Å². The van der Waals surface area contributed by atoms with Crippen LogP contribution in [0.2, 0.25) is 0 Å². The molecule has 0 aliphatic carbocycles. The minimum absolute atomic E-state index is 0.505. The molecule has 0 aliphatic rings. The molecule has 3 rings (SSSR count). The van der Waals surface area contributed by atoms with Gasteiger partial charge in [-0.25, -0.2) is 4.98 Å². The monoisotopic (exact) mass is 239 g/mol. The average Bonchev–Trinajstić information content (AvgIpc) is 2.69. The van der Waals surface area contributed by atoms with Gasteiger partial charge < -0.3 is 10.3 Å². The highest BCUT2D eigenvalue weighted by Gasteiger charge is 2.10. The lowest BCUT2D eigenvalue weighted by atomic mass is 10.2. The van der Waals surface area contributed by atoms with Gasteiger partial charge in [-0.05, 0) is 30.7 Å². The van der Waals surface area contributed by atoms with Crippen molar-refractivity contribution >= 4 is 17.0 Å². The van der Waals surface area contributed by atoms with Crippen molar-refractivity contribution < 1.29 is 0 Å². The van der Waals surface area contributed by atoms with Crippen LogP contribution in [0.1, 0.15) is 11.3 Å². The number of anilines is 1. The van der Waals surface area contributed by atoms with Gasteiger partial charge in [-0.15, -0.1) is 0 Å². The molecule has 1 aromatic carbocycles. The zero-order valence-corrected chi connectivity index (χ0v) is 10.0. The summed E-state index contributed by atoms with van der Waals surface area (Å²) in [6.45, 7) is 2.64. The Morgan fingerprint density at radius 3 is 2.89 bits per heavy atom. The lowest BCUT2D eigenvalue weighted by Crippen LogP contribution is -2.06. The van der Waals surface area contributed by atoms with Crippen molar-refractivity contribution in [1.29, 1.82) is 0 Å². The number of nitrogens with zero attached hydrogens (tertiary/aromatic N) is 4. The topological polar surface area (TPSA) is 69.6 Å². The second kappa shape index (κ2) is 4.10. The van der Waals surface area contributed by atoms with E-state index in [1.165, 1.54) is 0 Å². The quantitative estimate of drug-likeness (QED) is 0.739. The molecule has 0 saturated heterocycles. The largest absolute Gasteiger partial charge is 0.369 e. The van der Waals surface area contributed by atoms with Crippen molar-refractivity contribution in [3.05, 3.63) is 47.8 Å². The number of rotatable bonds is 2. The molecule has 2 aromatic heterocycles. The summed E-state index contributed by atoms with van der Waals surface area (Å²) in [6, 6.07) is 9.79. The molecule has 0 spiro atoms. The van der Waals surface area contributed by atoms with Gasteiger partial charge in [-0.2, -0.15) is 10.2 Å². The molecule has 2 N–H and O–H groups in total. The van der Waals surface area contributed by atoms with Crippen LogP contribution in [0.4, 0.5) is 5.95 Å². The van der Waals surface area contributed by atoms with E-state index in [4.69, 9.17) is 5.73 Å². The van der Waals surface area contributed by atoms with E-state index in [1.807, 2.05) is 28.8 Å². The lowest BCUT2D eigenvalue weighted by molar-refractivity contribution is 0.781. The molecular weight excluding hydrogens is 226 g/mol. The molecule has 5 nitrogen and oxygen atoms in total. The number of para-hydroxylation sites is 1. The van der Waals surface area contributed by atoms with Gasteiger partial charge in [0.15, 0.2) is 0 Å². The molecule has 3 aromatic rings. The van der Waals surface area contributed by atoms with Crippen LogP contribution in [-0.4, -0.2) is 19.7 Å². The third-order valence-electron chi connectivity index (χ3n) is 2.95. The smallest absolute Gasteiger partial charge is 0.201 e. The van der Waals surface area contributed by atoms with Crippen LogP contribution in [0.25, 0.3) is 11.0 Å².